The second-order valence-corrected chi connectivity index (χ2v) is 10.4. The Bertz CT molecular complexity index is 1490. The van der Waals surface area contributed by atoms with Gasteiger partial charge in [-0.2, -0.15) is 0 Å². The Balaban J connectivity index is 1.53. The van der Waals surface area contributed by atoms with Gasteiger partial charge in [-0.1, -0.05) is 35.9 Å². The van der Waals surface area contributed by atoms with E-state index in [4.69, 9.17) is 11.6 Å². The summed E-state index contributed by atoms with van der Waals surface area (Å²) in [5.41, 5.74) is 4.89. The van der Waals surface area contributed by atoms with Gasteiger partial charge in [0.05, 0.1) is 17.2 Å². The Morgan fingerprint density at radius 3 is 2.46 bits per heavy atom. The number of benzene rings is 2. The van der Waals surface area contributed by atoms with Gasteiger partial charge in [0.2, 0.25) is 5.91 Å². The highest BCUT2D eigenvalue weighted by molar-refractivity contribution is 6.30. The fraction of sp³-hybridized carbons (Fsp3) is 0.207. The number of halogens is 2. The van der Waals surface area contributed by atoms with E-state index in [2.05, 4.69) is 20.6 Å². The van der Waals surface area contributed by atoms with E-state index < -0.39 is 11.5 Å². The number of hydrogen-bond donors (Lipinski definition) is 3. The van der Waals surface area contributed by atoms with E-state index in [-0.39, 0.29) is 17.6 Å². The third-order valence-electron chi connectivity index (χ3n) is 6.57. The number of anilines is 1. The van der Waals surface area contributed by atoms with E-state index in [1.165, 1.54) is 12.1 Å². The Morgan fingerprint density at radius 1 is 1.05 bits per heavy atom. The molecule has 1 unspecified atom stereocenters. The monoisotopic (exact) mass is 516 g/mol. The zero-order valence-electron chi connectivity index (χ0n) is 20.7. The molecule has 37 heavy (non-hydrogen) atoms. The van der Waals surface area contributed by atoms with Crippen LogP contribution in [-0.4, -0.2) is 27.3 Å². The van der Waals surface area contributed by atoms with Crippen molar-refractivity contribution in [2.24, 2.45) is 0 Å². The topological polar surface area (TPSA) is 86.9 Å². The van der Waals surface area contributed by atoms with E-state index >= 15 is 0 Å². The molecule has 8 heteroatoms. The summed E-state index contributed by atoms with van der Waals surface area (Å²) < 4.78 is 13.3. The molecule has 0 saturated carbocycles. The number of aromatic nitrogens is 2. The molecular formula is C29H26ClFN4O2. The second kappa shape index (κ2) is 9.48. The largest absolute Gasteiger partial charge is 0.357 e. The maximum atomic E-state index is 13.3. The molecule has 1 aliphatic heterocycles. The lowest BCUT2D eigenvalue weighted by molar-refractivity contribution is -0.117. The number of amides is 2. The van der Waals surface area contributed by atoms with Crippen molar-refractivity contribution in [1.29, 1.82) is 0 Å². The molecule has 0 fully saturated rings. The van der Waals surface area contributed by atoms with Gasteiger partial charge in [-0.15, -0.1) is 0 Å². The number of nitrogens with one attached hydrogen (secondary N) is 3. The summed E-state index contributed by atoms with van der Waals surface area (Å²) in [6.45, 7) is 5.72. The van der Waals surface area contributed by atoms with Crippen molar-refractivity contribution in [1.82, 2.24) is 15.3 Å². The predicted octanol–water partition coefficient (Wildman–Crippen LogP) is 6.34. The van der Waals surface area contributed by atoms with Gasteiger partial charge in [0.15, 0.2) is 0 Å². The number of nitrogens with zero attached hydrogens (tertiary/aromatic N) is 1. The van der Waals surface area contributed by atoms with Crippen LogP contribution in [0.25, 0.3) is 22.4 Å². The maximum absolute atomic E-state index is 13.3. The van der Waals surface area contributed by atoms with Crippen molar-refractivity contribution in [3.05, 3.63) is 94.5 Å². The molecular weight excluding hydrogens is 491 g/mol. The van der Waals surface area contributed by atoms with Crippen molar-refractivity contribution in [3.63, 3.8) is 0 Å². The zero-order chi connectivity index (χ0) is 26.3. The minimum absolute atomic E-state index is 0.144. The van der Waals surface area contributed by atoms with Crippen LogP contribution in [0.1, 0.15) is 48.3 Å². The average molecular weight is 517 g/mol. The molecule has 4 aromatic rings. The molecule has 1 aliphatic rings. The van der Waals surface area contributed by atoms with E-state index in [1.54, 1.807) is 43.5 Å². The summed E-state index contributed by atoms with van der Waals surface area (Å²) in [4.78, 5) is 33.9. The molecule has 0 spiro atoms. The van der Waals surface area contributed by atoms with Gasteiger partial charge < -0.3 is 15.6 Å². The van der Waals surface area contributed by atoms with E-state index in [0.717, 1.165) is 28.1 Å². The number of aromatic amines is 1. The molecule has 3 N–H and O–H groups in total. The highest BCUT2D eigenvalue weighted by atomic mass is 35.5. The molecule has 2 aromatic heterocycles. The lowest BCUT2D eigenvalue weighted by atomic mass is 9.88. The SMILES string of the molecule is CC(C(=O)Nc1cc(-c2[nH]c3c(c2-c2ccc(Cl)cc2)C(=O)NC(C)(C)C3)ccn1)c1ccc(F)cc1. The second-order valence-electron chi connectivity index (χ2n) is 9.94. The van der Waals surface area contributed by atoms with Crippen LogP contribution in [0, 0.1) is 5.82 Å². The van der Waals surface area contributed by atoms with Gasteiger partial charge in [-0.25, -0.2) is 9.37 Å². The third-order valence-corrected chi connectivity index (χ3v) is 6.82. The quantitative estimate of drug-likeness (QED) is 0.289. The molecule has 188 valence electrons. The van der Waals surface area contributed by atoms with E-state index in [9.17, 15) is 14.0 Å². The average Bonchev–Trinajstić information content (AvgIpc) is 3.23. The number of carbonyl (C=O) groups is 2. The number of H-pyrrole nitrogens is 1. The predicted molar refractivity (Wildman–Crippen MR) is 143 cm³/mol. The molecule has 0 radical (unpaired) electrons. The number of pyridine rings is 1. The molecule has 0 bridgehead atoms. The van der Waals surface area contributed by atoms with Crippen LogP contribution in [0.15, 0.2) is 66.9 Å². The van der Waals surface area contributed by atoms with Crippen molar-refractivity contribution in [2.45, 2.75) is 38.6 Å². The van der Waals surface area contributed by atoms with Crippen LogP contribution < -0.4 is 10.6 Å². The molecule has 1 atom stereocenters. The molecule has 0 saturated heterocycles. The summed E-state index contributed by atoms with van der Waals surface area (Å²) in [6, 6.07) is 16.8. The Morgan fingerprint density at radius 2 is 1.76 bits per heavy atom. The van der Waals surface area contributed by atoms with E-state index in [0.29, 0.717) is 28.4 Å². The summed E-state index contributed by atoms with van der Waals surface area (Å²) in [7, 11) is 0. The Labute approximate surface area is 219 Å². The van der Waals surface area contributed by atoms with Crippen molar-refractivity contribution >= 4 is 29.2 Å². The van der Waals surface area contributed by atoms with Gasteiger partial charge in [-0.3, -0.25) is 9.59 Å². The van der Waals surface area contributed by atoms with Crippen LogP contribution in [0.5, 0.6) is 0 Å². The zero-order valence-corrected chi connectivity index (χ0v) is 21.4. The Kier molecular flexibility index (Phi) is 6.33. The number of fused-ring (bicyclic) bond motifs is 1. The summed E-state index contributed by atoms with van der Waals surface area (Å²) >= 11 is 6.13. The van der Waals surface area contributed by atoms with Crippen LogP contribution in [0.3, 0.4) is 0 Å². The highest BCUT2D eigenvalue weighted by Crippen LogP contribution is 2.40. The molecule has 5 rings (SSSR count). The van der Waals surface area contributed by atoms with E-state index in [1.807, 2.05) is 32.0 Å². The van der Waals surface area contributed by atoms with Gasteiger partial charge >= 0.3 is 0 Å². The fourth-order valence-corrected chi connectivity index (χ4v) is 4.83. The smallest absolute Gasteiger partial charge is 0.254 e. The van der Waals surface area contributed by atoms with Gasteiger partial charge in [0.25, 0.3) is 5.91 Å². The van der Waals surface area contributed by atoms with Crippen LogP contribution in [-0.2, 0) is 11.2 Å². The molecule has 2 amide bonds. The minimum atomic E-state index is -0.501. The molecule has 3 heterocycles. The number of hydrogen-bond acceptors (Lipinski definition) is 3. The first kappa shape index (κ1) is 24.7. The normalized spacial score (nSPS) is 15.0. The third kappa shape index (κ3) is 5.00. The van der Waals surface area contributed by atoms with Crippen LogP contribution in [0.4, 0.5) is 10.2 Å². The highest BCUT2D eigenvalue weighted by Gasteiger charge is 2.35. The van der Waals surface area contributed by atoms with Crippen LogP contribution >= 0.6 is 11.6 Å². The Hall–Kier alpha value is -3.97. The fourth-order valence-electron chi connectivity index (χ4n) is 4.70. The first-order valence-electron chi connectivity index (χ1n) is 12.0. The first-order chi connectivity index (χ1) is 17.6. The van der Waals surface area contributed by atoms with Gasteiger partial charge in [-0.05, 0) is 68.3 Å². The lowest BCUT2D eigenvalue weighted by Crippen LogP contribution is -2.49. The van der Waals surface area contributed by atoms with Gasteiger partial charge in [0, 0.05) is 40.0 Å². The summed E-state index contributed by atoms with van der Waals surface area (Å²) in [5, 5.41) is 6.55. The molecule has 0 aliphatic carbocycles. The minimum Gasteiger partial charge on any atom is -0.357 e. The van der Waals surface area contributed by atoms with Crippen molar-refractivity contribution in [2.75, 3.05) is 5.32 Å². The van der Waals surface area contributed by atoms with Crippen molar-refractivity contribution < 1.29 is 14.0 Å². The lowest BCUT2D eigenvalue weighted by Gasteiger charge is -2.30. The molecule has 6 nitrogen and oxygen atoms in total. The summed E-state index contributed by atoms with van der Waals surface area (Å²) in [5.74, 6) is -0.890. The molecule has 2 aromatic carbocycles. The summed E-state index contributed by atoms with van der Waals surface area (Å²) in [6.07, 6.45) is 2.25. The standard InChI is InChI=1S/C29H26ClFN4O2/c1-16(17-6-10-21(31)11-7-17)27(36)34-23-14-19(12-13-32-23)26-24(18-4-8-20(30)9-5-18)25-22(33-26)15-29(2,3)35-28(25)37/h4-14,16,33H,15H2,1-3H3,(H,35,37)(H,32,34,36). The van der Waals surface area contributed by atoms with Crippen molar-refractivity contribution in [3.8, 4) is 22.4 Å². The number of carbonyl (C=O) groups excluding carboxylic acids is 2. The van der Waals surface area contributed by atoms with Crippen LogP contribution in [0.2, 0.25) is 5.02 Å². The van der Waals surface area contributed by atoms with Gasteiger partial charge in [0.1, 0.15) is 11.6 Å². The number of rotatable bonds is 5. The maximum Gasteiger partial charge on any atom is 0.254 e. The first-order valence-corrected chi connectivity index (χ1v) is 12.3.